The summed E-state index contributed by atoms with van der Waals surface area (Å²) in [4.78, 5) is 0.198. The number of hydrogen-bond donors (Lipinski definition) is 1. The predicted octanol–water partition coefficient (Wildman–Crippen LogP) is 2.06. The normalized spacial score (nSPS) is 12.4. The van der Waals surface area contributed by atoms with E-state index < -0.39 is 10.0 Å². The summed E-state index contributed by atoms with van der Waals surface area (Å²) in [5.74, 6) is 0. The molecule has 0 heterocycles. The number of rotatable bonds is 3. The van der Waals surface area contributed by atoms with E-state index >= 15 is 0 Å². The molecule has 0 saturated heterocycles. The topological polar surface area (TPSA) is 63.4 Å². The maximum atomic E-state index is 12.2. The number of anilines is 1. The van der Waals surface area contributed by atoms with Crippen LogP contribution >= 0.6 is 15.9 Å². The maximum absolute atomic E-state index is 12.2. The third kappa shape index (κ3) is 2.56. The van der Waals surface area contributed by atoms with Crippen LogP contribution < -0.4 is 5.73 Å². The summed E-state index contributed by atoms with van der Waals surface area (Å²) in [6.45, 7) is 3.63. The quantitative estimate of drug-likeness (QED) is 0.869. The van der Waals surface area contributed by atoms with Crippen LogP contribution in [-0.4, -0.2) is 25.8 Å². The molecule has 0 bridgehead atoms. The van der Waals surface area contributed by atoms with E-state index in [0.29, 0.717) is 10.2 Å². The Labute approximate surface area is 105 Å². The van der Waals surface area contributed by atoms with Gasteiger partial charge in [-0.3, -0.25) is 0 Å². The van der Waals surface area contributed by atoms with Crippen molar-refractivity contribution in [2.75, 3.05) is 12.8 Å². The summed E-state index contributed by atoms with van der Waals surface area (Å²) in [5, 5.41) is 0. The molecule has 0 unspecified atom stereocenters. The van der Waals surface area contributed by atoms with Crippen LogP contribution in [-0.2, 0) is 10.0 Å². The maximum Gasteiger partial charge on any atom is 0.244 e. The first-order valence-electron chi connectivity index (χ1n) is 4.80. The average Bonchev–Trinajstić information content (AvgIpc) is 2.20. The number of halogens is 1. The second-order valence-electron chi connectivity index (χ2n) is 3.80. The summed E-state index contributed by atoms with van der Waals surface area (Å²) >= 11 is 3.22. The molecule has 0 aliphatic rings. The highest BCUT2D eigenvalue weighted by Gasteiger charge is 2.25. The molecule has 16 heavy (non-hydrogen) atoms. The van der Waals surface area contributed by atoms with Crippen LogP contribution in [0.4, 0.5) is 5.69 Å². The lowest BCUT2D eigenvalue weighted by atomic mass is 10.3. The van der Waals surface area contributed by atoms with Crippen molar-refractivity contribution in [2.45, 2.75) is 24.8 Å². The van der Waals surface area contributed by atoms with Crippen LogP contribution in [0.3, 0.4) is 0 Å². The number of nitrogen functional groups attached to an aromatic ring is 1. The fourth-order valence-electron chi connectivity index (χ4n) is 1.15. The van der Waals surface area contributed by atoms with Gasteiger partial charge in [-0.15, -0.1) is 0 Å². The van der Waals surface area contributed by atoms with E-state index in [9.17, 15) is 8.42 Å². The Morgan fingerprint density at radius 1 is 1.38 bits per heavy atom. The van der Waals surface area contributed by atoms with Gasteiger partial charge in [-0.05, 0) is 48.0 Å². The van der Waals surface area contributed by atoms with Crippen molar-refractivity contribution in [3.05, 3.63) is 22.7 Å². The van der Waals surface area contributed by atoms with Crippen molar-refractivity contribution in [3.8, 4) is 0 Å². The third-order valence-corrected chi connectivity index (χ3v) is 5.37. The van der Waals surface area contributed by atoms with Gasteiger partial charge in [-0.1, -0.05) is 0 Å². The predicted molar refractivity (Wildman–Crippen MR) is 68.6 cm³/mol. The van der Waals surface area contributed by atoms with Gasteiger partial charge in [-0.2, -0.15) is 4.31 Å². The zero-order chi connectivity index (χ0) is 12.5. The van der Waals surface area contributed by atoms with Crippen molar-refractivity contribution < 1.29 is 8.42 Å². The van der Waals surface area contributed by atoms with Crippen LogP contribution in [0.2, 0.25) is 0 Å². The number of nitrogens with two attached hydrogens (primary N) is 1. The zero-order valence-corrected chi connectivity index (χ0v) is 11.8. The van der Waals surface area contributed by atoms with Gasteiger partial charge in [-0.25, -0.2) is 8.42 Å². The standard InChI is InChI=1S/C10H15BrN2O2S/c1-7(2)13(3)16(14,15)10-6-8(12)4-5-9(10)11/h4-7H,12H2,1-3H3. The van der Waals surface area contributed by atoms with Crippen LogP contribution in [0.5, 0.6) is 0 Å². The molecule has 0 aromatic heterocycles. The van der Waals surface area contributed by atoms with E-state index in [4.69, 9.17) is 5.73 Å². The molecule has 0 aliphatic heterocycles. The second kappa shape index (κ2) is 4.73. The Kier molecular flexibility index (Phi) is 3.98. The number of hydrogen-bond acceptors (Lipinski definition) is 3. The van der Waals surface area contributed by atoms with E-state index in [1.54, 1.807) is 19.2 Å². The Balaban J connectivity index is 3.32. The van der Waals surface area contributed by atoms with E-state index in [1.807, 2.05) is 13.8 Å². The summed E-state index contributed by atoms with van der Waals surface area (Å²) < 4.78 is 26.2. The molecular formula is C10H15BrN2O2S. The minimum atomic E-state index is -3.48. The lowest BCUT2D eigenvalue weighted by Crippen LogP contribution is -2.33. The summed E-state index contributed by atoms with van der Waals surface area (Å²) in [6.07, 6.45) is 0. The smallest absolute Gasteiger partial charge is 0.244 e. The Bertz CT molecular complexity index is 486. The first-order valence-corrected chi connectivity index (χ1v) is 7.03. The van der Waals surface area contributed by atoms with Crippen molar-refractivity contribution in [2.24, 2.45) is 0 Å². The van der Waals surface area contributed by atoms with Crippen molar-refractivity contribution in [1.82, 2.24) is 4.31 Å². The molecule has 0 aliphatic carbocycles. The monoisotopic (exact) mass is 306 g/mol. The molecule has 0 radical (unpaired) electrons. The van der Waals surface area contributed by atoms with E-state index in [2.05, 4.69) is 15.9 Å². The Morgan fingerprint density at radius 2 is 1.94 bits per heavy atom. The number of nitrogens with zero attached hydrogens (tertiary/aromatic N) is 1. The van der Waals surface area contributed by atoms with Crippen LogP contribution in [0.1, 0.15) is 13.8 Å². The molecule has 0 fully saturated rings. The second-order valence-corrected chi connectivity index (χ2v) is 6.63. The summed E-state index contributed by atoms with van der Waals surface area (Å²) in [5.41, 5.74) is 6.03. The molecule has 4 nitrogen and oxygen atoms in total. The fraction of sp³-hybridized carbons (Fsp3) is 0.400. The molecule has 6 heteroatoms. The first-order chi connectivity index (χ1) is 7.26. The van der Waals surface area contributed by atoms with Crippen LogP contribution in [0, 0.1) is 0 Å². The molecule has 0 amide bonds. The average molecular weight is 307 g/mol. The van der Waals surface area contributed by atoms with Crippen LogP contribution in [0.15, 0.2) is 27.6 Å². The van der Waals surface area contributed by atoms with Crippen LogP contribution in [0.25, 0.3) is 0 Å². The Morgan fingerprint density at radius 3 is 2.44 bits per heavy atom. The summed E-state index contributed by atoms with van der Waals surface area (Å²) in [7, 11) is -1.93. The zero-order valence-electron chi connectivity index (χ0n) is 9.44. The van der Waals surface area contributed by atoms with E-state index in [-0.39, 0.29) is 10.9 Å². The Hall–Kier alpha value is -0.590. The van der Waals surface area contributed by atoms with Gasteiger partial charge in [0.1, 0.15) is 0 Å². The first kappa shape index (κ1) is 13.5. The molecule has 1 aromatic carbocycles. The van der Waals surface area contributed by atoms with Gasteiger partial charge in [0.2, 0.25) is 10.0 Å². The molecule has 1 rings (SSSR count). The third-order valence-electron chi connectivity index (χ3n) is 2.34. The largest absolute Gasteiger partial charge is 0.399 e. The van der Waals surface area contributed by atoms with Crippen molar-refractivity contribution >= 4 is 31.6 Å². The highest BCUT2D eigenvalue weighted by Crippen LogP contribution is 2.27. The molecule has 1 aromatic rings. The summed E-state index contributed by atoms with van der Waals surface area (Å²) in [6, 6.07) is 4.64. The van der Waals surface area contributed by atoms with Gasteiger partial charge < -0.3 is 5.73 Å². The SMILES string of the molecule is CC(C)N(C)S(=O)(=O)c1cc(N)ccc1Br. The molecule has 0 saturated carbocycles. The molecular weight excluding hydrogens is 292 g/mol. The van der Waals surface area contributed by atoms with Gasteiger partial charge in [0.25, 0.3) is 0 Å². The number of benzene rings is 1. The van der Waals surface area contributed by atoms with Crippen molar-refractivity contribution in [3.63, 3.8) is 0 Å². The highest BCUT2D eigenvalue weighted by atomic mass is 79.9. The molecule has 0 atom stereocenters. The lowest BCUT2D eigenvalue weighted by molar-refractivity contribution is 0.410. The fourth-order valence-corrected chi connectivity index (χ4v) is 3.48. The van der Waals surface area contributed by atoms with Gasteiger partial charge in [0.05, 0.1) is 4.90 Å². The minimum Gasteiger partial charge on any atom is -0.399 e. The van der Waals surface area contributed by atoms with Crippen molar-refractivity contribution in [1.29, 1.82) is 0 Å². The van der Waals surface area contributed by atoms with E-state index in [0.717, 1.165) is 0 Å². The van der Waals surface area contributed by atoms with Gasteiger partial charge >= 0.3 is 0 Å². The minimum absolute atomic E-state index is 0.0988. The van der Waals surface area contributed by atoms with Gasteiger partial charge in [0.15, 0.2) is 0 Å². The van der Waals surface area contributed by atoms with Gasteiger partial charge in [0, 0.05) is 23.2 Å². The molecule has 2 N–H and O–H groups in total. The lowest BCUT2D eigenvalue weighted by Gasteiger charge is -2.21. The highest BCUT2D eigenvalue weighted by molar-refractivity contribution is 9.10. The molecule has 90 valence electrons. The number of sulfonamides is 1. The van der Waals surface area contributed by atoms with E-state index in [1.165, 1.54) is 10.4 Å². The molecule has 0 spiro atoms.